The largest absolute Gasteiger partial charge is 0.354 e. The van der Waals surface area contributed by atoms with Gasteiger partial charge in [0.05, 0.1) is 6.04 Å². The van der Waals surface area contributed by atoms with Gasteiger partial charge in [0.25, 0.3) is 0 Å². The summed E-state index contributed by atoms with van der Waals surface area (Å²) >= 11 is 0. The highest BCUT2D eigenvalue weighted by Crippen LogP contribution is 2.16. The molecule has 1 aliphatic heterocycles. The lowest BCUT2D eigenvalue weighted by Gasteiger charge is -2.31. The van der Waals surface area contributed by atoms with E-state index in [0.717, 1.165) is 6.54 Å². The third-order valence-corrected chi connectivity index (χ3v) is 3.23. The first-order valence-electron chi connectivity index (χ1n) is 6.39. The molecule has 1 heterocycles. The zero-order chi connectivity index (χ0) is 12.0. The molecule has 0 saturated carbocycles. The van der Waals surface area contributed by atoms with Crippen LogP contribution < -0.4 is 11.1 Å². The Morgan fingerprint density at radius 3 is 2.62 bits per heavy atom. The van der Waals surface area contributed by atoms with E-state index in [1.807, 2.05) is 0 Å². The lowest BCUT2D eigenvalue weighted by Crippen LogP contribution is -2.43. The molecule has 4 nitrogen and oxygen atoms in total. The molecule has 1 saturated heterocycles. The molecular formula is C12H25N3O. The van der Waals surface area contributed by atoms with E-state index in [-0.39, 0.29) is 11.9 Å². The SMILES string of the molecule is CCCN1CCC(CNC(=O)[C@@H](C)N)CC1. The van der Waals surface area contributed by atoms with Gasteiger partial charge < -0.3 is 16.0 Å². The number of rotatable bonds is 5. The molecule has 0 unspecified atom stereocenters. The second kappa shape index (κ2) is 6.86. The van der Waals surface area contributed by atoms with Gasteiger partial charge in [-0.25, -0.2) is 0 Å². The summed E-state index contributed by atoms with van der Waals surface area (Å²) in [7, 11) is 0. The molecule has 0 aliphatic carbocycles. The summed E-state index contributed by atoms with van der Waals surface area (Å²) in [6.45, 7) is 8.28. The predicted molar refractivity (Wildman–Crippen MR) is 66.1 cm³/mol. The Bertz CT molecular complexity index is 210. The molecule has 1 amide bonds. The highest BCUT2D eigenvalue weighted by molar-refractivity contribution is 5.80. The van der Waals surface area contributed by atoms with Crippen molar-refractivity contribution < 1.29 is 4.79 Å². The van der Waals surface area contributed by atoms with Gasteiger partial charge in [0.15, 0.2) is 0 Å². The molecule has 3 N–H and O–H groups in total. The summed E-state index contributed by atoms with van der Waals surface area (Å²) in [5, 5.41) is 2.92. The standard InChI is InChI=1S/C12H25N3O/c1-3-6-15-7-4-11(5-8-15)9-14-12(16)10(2)13/h10-11H,3-9,13H2,1-2H3,(H,14,16)/t10-/m1/s1. The molecule has 1 rings (SSSR count). The molecule has 1 aliphatic rings. The van der Waals surface area contributed by atoms with E-state index in [0.29, 0.717) is 5.92 Å². The zero-order valence-corrected chi connectivity index (χ0v) is 10.5. The number of piperidine rings is 1. The maximum absolute atomic E-state index is 11.3. The number of amides is 1. The van der Waals surface area contributed by atoms with Crippen LogP contribution in [0.3, 0.4) is 0 Å². The van der Waals surface area contributed by atoms with Crippen molar-refractivity contribution in [3.63, 3.8) is 0 Å². The van der Waals surface area contributed by atoms with Crippen LogP contribution in [0.5, 0.6) is 0 Å². The van der Waals surface area contributed by atoms with E-state index in [1.54, 1.807) is 6.92 Å². The van der Waals surface area contributed by atoms with Crippen LogP contribution in [0.25, 0.3) is 0 Å². The number of carbonyl (C=O) groups is 1. The Balaban J connectivity index is 2.15. The number of hydrogen-bond donors (Lipinski definition) is 2. The van der Waals surface area contributed by atoms with Gasteiger partial charge in [-0.15, -0.1) is 0 Å². The van der Waals surface area contributed by atoms with E-state index in [2.05, 4.69) is 17.1 Å². The van der Waals surface area contributed by atoms with Gasteiger partial charge in [0.1, 0.15) is 0 Å². The van der Waals surface area contributed by atoms with Crippen molar-refractivity contribution in [1.29, 1.82) is 0 Å². The average Bonchev–Trinajstić information content (AvgIpc) is 2.28. The van der Waals surface area contributed by atoms with Crippen LogP contribution in [0, 0.1) is 5.92 Å². The van der Waals surface area contributed by atoms with Crippen molar-refractivity contribution in [3.05, 3.63) is 0 Å². The van der Waals surface area contributed by atoms with Crippen molar-refractivity contribution in [1.82, 2.24) is 10.2 Å². The molecule has 0 aromatic carbocycles. The number of likely N-dealkylation sites (tertiary alicyclic amines) is 1. The zero-order valence-electron chi connectivity index (χ0n) is 10.5. The molecule has 0 radical (unpaired) electrons. The predicted octanol–water partition coefficient (Wildman–Crippen LogP) is 0.572. The van der Waals surface area contributed by atoms with Crippen molar-refractivity contribution in [2.75, 3.05) is 26.2 Å². The van der Waals surface area contributed by atoms with E-state index >= 15 is 0 Å². The molecular weight excluding hydrogens is 202 g/mol. The Morgan fingerprint density at radius 2 is 2.12 bits per heavy atom. The van der Waals surface area contributed by atoms with Gasteiger partial charge in [-0.3, -0.25) is 4.79 Å². The van der Waals surface area contributed by atoms with E-state index < -0.39 is 0 Å². The summed E-state index contributed by atoms with van der Waals surface area (Å²) in [6.07, 6.45) is 3.62. The fraction of sp³-hybridized carbons (Fsp3) is 0.917. The van der Waals surface area contributed by atoms with Crippen molar-refractivity contribution in [3.8, 4) is 0 Å². The topological polar surface area (TPSA) is 58.4 Å². The minimum Gasteiger partial charge on any atom is -0.354 e. The van der Waals surface area contributed by atoms with E-state index in [9.17, 15) is 4.79 Å². The first-order valence-corrected chi connectivity index (χ1v) is 6.39. The highest BCUT2D eigenvalue weighted by Gasteiger charge is 2.19. The van der Waals surface area contributed by atoms with Crippen LogP contribution in [-0.2, 0) is 4.79 Å². The van der Waals surface area contributed by atoms with Crippen LogP contribution in [0.1, 0.15) is 33.1 Å². The van der Waals surface area contributed by atoms with Crippen LogP contribution in [0.2, 0.25) is 0 Å². The van der Waals surface area contributed by atoms with Gasteiger partial charge in [-0.2, -0.15) is 0 Å². The highest BCUT2D eigenvalue weighted by atomic mass is 16.2. The smallest absolute Gasteiger partial charge is 0.236 e. The molecule has 16 heavy (non-hydrogen) atoms. The molecule has 0 bridgehead atoms. The fourth-order valence-electron chi connectivity index (χ4n) is 2.14. The summed E-state index contributed by atoms with van der Waals surface area (Å²) < 4.78 is 0. The van der Waals surface area contributed by atoms with Crippen molar-refractivity contribution in [2.45, 2.75) is 39.2 Å². The number of hydrogen-bond acceptors (Lipinski definition) is 3. The maximum atomic E-state index is 11.3. The molecule has 1 atom stereocenters. The van der Waals surface area contributed by atoms with Crippen molar-refractivity contribution >= 4 is 5.91 Å². The number of nitrogens with two attached hydrogens (primary N) is 1. The molecule has 1 fully saturated rings. The van der Waals surface area contributed by atoms with Crippen LogP contribution in [0.15, 0.2) is 0 Å². The van der Waals surface area contributed by atoms with Gasteiger partial charge >= 0.3 is 0 Å². The molecule has 0 aromatic heterocycles. The summed E-state index contributed by atoms with van der Waals surface area (Å²) in [4.78, 5) is 13.8. The van der Waals surface area contributed by atoms with Crippen LogP contribution in [0.4, 0.5) is 0 Å². The summed E-state index contributed by atoms with van der Waals surface area (Å²) in [5.74, 6) is 0.604. The van der Waals surface area contributed by atoms with E-state index in [1.165, 1.54) is 38.9 Å². The minimum atomic E-state index is -0.389. The minimum absolute atomic E-state index is 0.0315. The number of carbonyl (C=O) groups excluding carboxylic acids is 1. The Kier molecular flexibility index (Phi) is 5.77. The summed E-state index contributed by atoms with van der Waals surface area (Å²) in [5.41, 5.74) is 5.49. The van der Waals surface area contributed by atoms with Gasteiger partial charge in [-0.1, -0.05) is 6.92 Å². The number of nitrogens with one attached hydrogen (secondary N) is 1. The summed E-state index contributed by atoms with van der Waals surface area (Å²) in [6, 6.07) is -0.389. The second-order valence-electron chi connectivity index (χ2n) is 4.82. The fourth-order valence-corrected chi connectivity index (χ4v) is 2.14. The van der Waals surface area contributed by atoms with Gasteiger partial charge in [0.2, 0.25) is 5.91 Å². The Morgan fingerprint density at radius 1 is 1.50 bits per heavy atom. The Hall–Kier alpha value is -0.610. The lowest BCUT2D eigenvalue weighted by molar-refractivity contribution is -0.122. The average molecular weight is 227 g/mol. The van der Waals surface area contributed by atoms with Gasteiger partial charge in [-0.05, 0) is 51.7 Å². The van der Waals surface area contributed by atoms with E-state index in [4.69, 9.17) is 5.73 Å². The molecule has 4 heteroatoms. The second-order valence-corrected chi connectivity index (χ2v) is 4.82. The first-order chi connectivity index (χ1) is 7.63. The van der Waals surface area contributed by atoms with Crippen LogP contribution >= 0.6 is 0 Å². The normalized spacial score (nSPS) is 20.7. The molecule has 94 valence electrons. The third kappa shape index (κ3) is 4.49. The first kappa shape index (κ1) is 13.5. The van der Waals surface area contributed by atoms with Gasteiger partial charge in [0, 0.05) is 6.54 Å². The number of nitrogens with zero attached hydrogens (tertiary/aromatic N) is 1. The Labute approximate surface area is 98.6 Å². The quantitative estimate of drug-likeness (QED) is 0.722. The maximum Gasteiger partial charge on any atom is 0.236 e. The van der Waals surface area contributed by atoms with Crippen LogP contribution in [-0.4, -0.2) is 43.0 Å². The molecule has 0 spiro atoms. The van der Waals surface area contributed by atoms with Crippen molar-refractivity contribution in [2.24, 2.45) is 11.7 Å². The lowest BCUT2D eigenvalue weighted by atomic mass is 9.96. The molecule has 0 aromatic rings. The monoisotopic (exact) mass is 227 g/mol. The third-order valence-electron chi connectivity index (χ3n) is 3.23.